The lowest BCUT2D eigenvalue weighted by atomic mass is 10.00. The summed E-state index contributed by atoms with van der Waals surface area (Å²) in [5.74, 6) is 0.890. The zero-order valence-electron chi connectivity index (χ0n) is 8.51. The first kappa shape index (κ1) is 11.3. The highest BCUT2D eigenvalue weighted by atomic mass is 35.5. The monoisotopic (exact) mass is 205 g/mol. The maximum atomic E-state index is 5.88. The molecule has 1 saturated heterocycles. The molecule has 0 amide bonds. The van der Waals surface area contributed by atoms with Crippen LogP contribution >= 0.6 is 12.4 Å². The number of halogens is 1. The molecule has 0 spiro atoms. The Morgan fingerprint density at radius 2 is 2.00 bits per heavy atom. The molecule has 0 aromatic heterocycles. The summed E-state index contributed by atoms with van der Waals surface area (Å²) in [5, 5.41) is 3.47. The first-order valence-electron chi connectivity index (χ1n) is 5.05. The second-order valence-corrected chi connectivity index (χ2v) is 4.70. The minimum absolute atomic E-state index is 0. The maximum Gasteiger partial charge on any atom is 0.0763 e. The van der Waals surface area contributed by atoms with Crippen molar-refractivity contribution in [2.24, 2.45) is 5.92 Å². The third kappa shape index (κ3) is 2.83. The third-order valence-electron chi connectivity index (χ3n) is 3.02. The zero-order valence-corrected chi connectivity index (χ0v) is 9.32. The van der Waals surface area contributed by atoms with Gasteiger partial charge in [0, 0.05) is 12.1 Å². The summed E-state index contributed by atoms with van der Waals surface area (Å²) >= 11 is 0. The maximum absolute atomic E-state index is 5.88. The van der Waals surface area contributed by atoms with Gasteiger partial charge in [0.15, 0.2) is 0 Å². The lowest BCUT2D eigenvalue weighted by Gasteiger charge is -2.27. The molecule has 1 aliphatic heterocycles. The Morgan fingerprint density at radius 3 is 2.46 bits per heavy atom. The average Bonchev–Trinajstić information content (AvgIpc) is 2.74. The van der Waals surface area contributed by atoms with Gasteiger partial charge in [0.2, 0.25) is 0 Å². The normalized spacial score (nSPS) is 31.4. The van der Waals surface area contributed by atoms with Crippen molar-refractivity contribution in [2.45, 2.75) is 44.8 Å². The molecule has 2 aliphatic rings. The highest BCUT2D eigenvalue weighted by Gasteiger charge is 2.36. The molecule has 0 bridgehead atoms. The van der Waals surface area contributed by atoms with Crippen molar-refractivity contribution in [2.75, 3.05) is 13.2 Å². The van der Waals surface area contributed by atoms with Gasteiger partial charge in [0.05, 0.1) is 6.10 Å². The summed E-state index contributed by atoms with van der Waals surface area (Å²) in [7, 11) is 0. The molecular weight excluding hydrogens is 186 g/mol. The first-order chi connectivity index (χ1) is 5.68. The van der Waals surface area contributed by atoms with Gasteiger partial charge in [-0.15, -0.1) is 12.4 Å². The van der Waals surface area contributed by atoms with Crippen LogP contribution in [0, 0.1) is 5.92 Å². The molecule has 13 heavy (non-hydrogen) atoms. The number of hydrogen-bond donors (Lipinski definition) is 1. The van der Waals surface area contributed by atoms with E-state index in [1.165, 1.54) is 19.3 Å². The molecule has 0 aromatic rings. The highest BCUT2D eigenvalue weighted by molar-refractivity contribution is 5.85. The van der Waals surface area contributed by atoms with Gasteiger partial charge in [0.25, 0.3) is 0 Å². The van der Waals surface area contributed by atoms with E-state index in [0.717, 1.165) is 19.1 Å². The molecule has 2 rings (SSSR count). The predicted molar refractivity (Wildman–Crippen MR) is 56.4 cm³/mol. The van der Waals surface area contributed by atoms with Crippen LogP contribution in [0.1, 0.15) is 33.1 Å². The van der Waals surface area contributed by atoms with Crippen LogP contribution in [0.2, 0.25) is 0 Å². The van der Waals surface area contributed by atoms with E-state index in [4.69, 9.17) is 4.74 Å². The SMILES string of the molecule is CC1(C)NCCC1OCC1CC1.Cl. The Kier molecular flexibility index (Phi) is 3.61. The van der Waals surface area contributed by atoms with Crippen LogP contribution in [0.3, 0.4) is 0 Å². The van der Waals surface area contributed by atoms with Crippen LogP contribution in [0.15, 0.2) is 0 Å². The Morgan fingerprint density at radius 1 is 1.31 bits per heavy atom. The summed E-state index contributed by atoms with van der Waals surface area (Å²) in [6, 6.07) is 0. The lowest BCUT2D eigenvalue weighted by molar-refractivity contribution is 0.0145. The molecule has 1 saturated carbocycles. The first-order valence-corrected chi connectivity index (χ1v) is 5.05. The van der Waals surface area contributed by atoms with Gasteiger partial charge < -0.3 is 10.1 Å². The van der Waals surface area contributed by atoms with Gasteiger partial charge in [0.1, 0.15) is 0 Å². The molecule has 0 aromatic carbocycles. The van der Waals surface area contributed by atoms with Crippen LogP contribution in [0.4, 0.5) is 0 Å². The molecule has 78 valence electrons. The van der Waals surface area contributed by atoms with E-state index in [1.54, 1.807) is 0 Å². The van der Waals surface area contributed by atoms with Crippen molar-refractivity contribution < 1.29 is 4.74 Å². The van der Waals surface area contributed by atoms with E-state index in [-0.39, 0.29) is 17.9 Å². The topological polar surface area (TPSA) is 21.3 Å². The average molecular weight is 206 g/mol. The minimum Gasteiger partial charge on any atom is -0.376 e. The Balaban J connectivity index is 0.000000845. The van der Waals surface area contributed by atoms with E-state index in [1.807, 2.05) is 0 Å². The summed E-state index contributed by atoms with van der Waals surface area (Å²) in [6.07, 6.45) is 4.40. The van der Waals surface area contributed by atoms with Crippen LogP contribution in [-0.4, -0.2) is 24.8 Å². The largest absolute Gasteiger partial charge is 0.376 e. The smallest absolute Gasteiger partial charge is 0.0763 e. The van der Waals surface area contributed by atoms with Gasteiger partial charge >= 0.3 is 0 Å². The van der Waals surface area contributed by atoms with Gasteiger partial charge in [-0.3, -0.25) is 0 Å². The molecule has 1 aliphatic carbocycles. The van der Waals surface area contributed by atoms with Gasteiger partial charge in [-0.2, -0.15) is 0 Å². The van der Waals surface area contributed by atoms with E-state index in [2.05, 4.69) is 19.2 Å². The second kappa shape index (κ2) is 4.16. The van der Waals surface area contributed by atoms with Crippen LogP contribution in [0.5, 0.6) is 0 Å². The van der Waals surface area contributed by atoms with Gasteiger partial charge in [-0.05, 0) is 45.6 Å². The van der Waals surface area contributed by atoms with Gasteiger partial charge in [-0.1, -0.05) is 0 Å². The minimum atomic E-state index is 0. The van der Waals surface area contributed by atoms with Gasteiger partial charge in [-0.25, -0.2) is 0 Å². The fourth-order valence-electron chi connectivity index (χ4n) is 1.83. The van der Waals surface area contributed by atoms with Crippen molar-refractivity contribution in [3.63, 3.8) is 0 Å². The summed E-state index contributed by atoms with van der Waals surface area (Å²) in [5.41, 5.74) is 0.203. The van der Waals surface area contributed by atoms with E-state index in [0.29, 0.717) is 6.10 Å². The molecule has 0 radical (unpaired) electrons. The molecule has 1 heterocycles. The Hall–Kier alpha value is 0.210. The number of nitrogens with one attached hydrogen (secondary N) is 1. The molecule has 1 unspecified atom stereocenters. The quantitative estimate of drug-likeness (QED) is 0.761. The lowest BCUT2D eigenvalue weighted by Crippen LogP contribution is -2.42. The number of rotatable bonds is 3. The zero-order chi connectivity index (χ0) is 8.60. The predicted octanol–water partition coefficient (Wildman–Crippen LogP) is 1.98. The number of ether oxygens (including phenoxy) is 1. The van der Waals surface area contributed by atoms with E-state index < -0.39 is 0 Å². The summed E-state index contributed by atoms with van der Waals surface area (Å²) in [4.78, 5) is 0. The van der Waals surface area contributed by atoms with Crippen molar-refractivity contribution in [1.29, 1.82) is 0 Å². The molecule has 3 heteroatoms. The Bertz CT molecular complexity index is 168. The molecule has 2 nitrogen and oxygen atoms in total. The summed E-state index contributed by atoms with van der Waals surface area (Å²) < 4.78 is 5.88. The van der Waals surface area contributed by atoms with E-state index >= 15 is 0 Å². The molecule has 1 atom stereocenters. The van der Waals surface area contributed by atoms with E-state index in [9.17, 15) is 0 Å². The number of hydrogen-bond acceptors (Lipinski definition) is 2. The molecule has 1 N–H and O–H groups in total. The second-order valence-electron chi connectivity index (χ2n) is 4.70. The van der Waals surface area contributed by atoms with Crippen LogP contribution < -0.4 is 5.32 Å². The van der Waals surface area contributed by atoms with Crippen molar-refractivity contribution in [1.82, 2.24) is 5.32 Å². The van der Waals surface area contributed by atoms with Crippen LogP contribution in [-0.2, 0) is 4.74 Å². The highest BCUT2D eigenvalue weighted by Crippen LogP contribution is 2.31. The van der Waals surface area contributed by atoms with Crippen molar-refractivity contribution >= 4 is 12.4 Å². The summed E-state index contributed by atoms with van der Waals surface area (Å²) in [6.45, 7) is 6.58. The van der Waals surface area contributed by atoms with Crippen molar-refractivity contribution in [3.05, 3.63) is 0 Å². The standard InChI is InChI=1S/C10H19NO.ClH/c1-10(2)9(5-6-11-10)12-7-8-3-4-8;/h8-9,11H,3-7H2,1-2H3;1H. The molecule has 2 fully saturated rings. The fraction of sp³-hybridized carbons (Fsp3) is 1.00. The third-order valence-corrected chi connectivity index (χ3v) is 3.02. The molecular formula is C10H20ClNO. The van der Waals surface area contributed by atoms with Crippen molar-refractivity contribution in [3.8, 4) is 0 Å². The van der Waals surface area contributed by atoms with Crippen LogP contribution in [0.25, 0.3) is 0 Å². The Labute approximate surface area is 86.8 Å². The fourth-order valence-corrected chi connectivity index (χ4v) is 1.83.